The summed E-state index contributed by atoms with van der Waals surface area (Å²) in [5.74, 6) is 0.748. The highest BCUT2D eigenvalue weighted by atomic mass is 32.1. The van der Waals surface area contributed by atoms with Crippen LogP contribution >= 0.6 is 12.2 Å². The molecule has 2 atom stereocenters. The molecule has 0 aromatic carbocycles. The highest BCUT2D eigenvalue weighted by Gasteiger charge is 2.25. The molecule has 17 heavy (non-hydrogen) atoms. The van der Waals surface area contributed by atoms with Crippen LogP contribution in [0.15, 0.2) is 0 Å². The molecular weight excluding hydrogens is 234 g/mol. The second-order valence-electron chi connectivity index (χ2n) is 5.09. The normalized spacial score (nSPS) is 29.7. The van der Waals surface area contributed by atoms with Gasteiger partial charge in [0, 0.05) is 19.1 Å². The first-order valence-corrected chi connectivity index (χ1v) is 6.90. The Kier molecular flexibility index (Phi) is 4.20. The minimum atomic E-state index is 0.0668. The number of piperazine rings is 1. The fraction of sp³-hybridized carbons (Fsp3) is 0.833. The summed E-state index contributed by atoms with van der Waals surface area (Å²) in [6.07, 6.45) is 5.09. The van der Waals surface area contributed by atoms with Gasteiger partial charge in [-0.2, -0.15) is 0 Å². The summed E-state index contributed by atoms with van der Waals surface area (Å²) >= 11 is 5.40. The Bertz CT molecular complexity index is 308. The van der Waals surface area contributed by atoms with E-state index in [0.29, 0.717) is 25.0 Å². The van der Waals surface area contributed by atoms with E-state index in [4.69, 9.17) is 12.2 Å². The van der Waals surface area contributed by atoms with Gasteiger partial charge in [0.1, 0.15) is 0 Å². The summed E-state index contributed by atoms with van der Waals surface area (Å²) in [7, 11) is 0. The minimum Gasteiger partial charge on any atom is -0.360 e. The Morgan fingerprint density at radius 2 is 2.24 bits per heavy atom. The molecule has 1 aliphatic heterocycles. The highest BCUT2D eigenvalue weighted by Crippen LogP contribution is 2.23. The van der Waals surface area contributed by atoms with E-state index in [1.807, 2.05) is 4.90 Å². The first kappa shape index (κ1) is 12.6. The molecule has 0 bridgehead atoms. The summed E-state index contributed by atoms with van der Waals surface area (Å²) in [5, 5.41) is 7.00. The van der Waals surface area contributed by atoms with Crippen LogP contribution in [0, 0.1) is 5.92 Å². The van der Waals surface area contributed by atoms with Crippen molar-refractivity contribution in [1.82, 2.24) is 15.5 Å². The van der Waals surface area contributed by atoms with Crippen LogP contribution in [0.5, 0.6) is 0 Å². The van der Waals surface area contributed by atoms with E-state index in [1.54, 1.807) is 0 Å². The fourth-order valence-corrected chi connectivity index (χ4v) is 2.90. The third-order valence-corrected chi connectivity index (χ3v) is 4.12. The van der Waals surface area contributed by atoms with Gasteiger partial charge in [-0.15, -0.1) is 0 Å². The summed E-state index contributed by atoms with van der Waals surface area (Å²) < 4.78 is 0. The monoisotopic (exact) mass is 255 g/mol. The molecule has 4 nitrogen and oxygen atoms in total. The predicted octanol–water partition coefficient (Wildman–Crippen LogP) is 0.871. The van der Waals surface area contributed by atoms with Crippen molar-refractivity contribution in [1.29, 1.82) is 0 Å². The first-order chi connectivity index (χ1) is 8.16. The van der Waals surface area contributed by atoms with Crippen LogP contribution in [0.2, 0.25) is 0 Å². The summed E-state index contributed by atoms with van der Waals surface area (Å²) in [6, 6.07) is 0.487. The number of thiocarbonyl (C=S) groups is 1. The van der Waals surface area contributed by atoms with E-state index < -0.39 is 0 Å². The number of carbonyl (C=O) groups excluding carboxylic acids is 1. The number of rotatable bonds is 1. The van der Waals surface area contributed by atoms with Crippen molar-refractivity contribution in [3.05, 3.63) is 0 Å². The average Bonchev–Trinajstić information content (AvgIpc) is 2.32. The lowest BCUT2D eigenvalue weighted by atomic mass is 9.86. The number of hydrogen-bond acceptors (Lipinski definition) is 2. The molecular formula is C12H21N3OS. The van der Waals surface area contributed by atoms with Crippen molar-refractivity contribution < 1.29 is 4.79 Å². The molecule has 1 heterocycles. The van der Waals surface area contributed by atoms with Crippen molar-refractivity contribution in [2.24, 2.45) is 5.92 Å². The molecule has 1 aliphatic carbocycles. The molecule has 2 rings (SSSR count). The molecule has 2 aliphatic rings. The zero-order valence-electron chi connectivity index (χ0n) is 10.4. The minimum absolute atomic E-state index is 0.0668. The van der Waals surface area contributed by atoms with Gasteiger partial charge in [-0.3, -0.25) is 4.79 Å². The molecule has 1 saturated heterocycles. The van der Waals surface area contributed by atoms with Crippen molar-refractivity contribution in [2.45, 2.75) is 38.6 Å². The Labute approximate surface area is 108 Å². The molecule has 2 N–H and O–H groups in total. The lowest BCUT2D eigenvalue weighted by molar-refractivity contribution is -0.122. The SMILES string of the molecule is CC1CCCCC1NC(=S)N1CCNC(=O)C1. The van der Waals surface area contributed by atoms with Crippen LogP contribution in [0.1, 0.15) is 32.6 Å². The van der Waals surface area contributed by atoms with Gasteiger partial charge >= 0.3 is 0 Å². The predicted molar refractivity (Wildman–Crippen MR) is 71.7 cm³/mol. The third kappa shape index (κ3) is 3.31. The number of nitrogens with zero attached hydrogens (tertiary/aromatic N) is 1. The summed E-state index contributed by atoms with van der Waals surface area (Å²) in [4.78, 5) is 13.3. The smallest absolute Gasteiger partial charge is 0.239 e. The van der Waals surface area contributed by atoms with Crippen LogP contribution < -0.4 is 10.6 Å². The standard InChI is InChI=1S/C12H21N3OS/c1-9-4-2-3-5-10(9)14-12(17)15-7-6-13-11(16)8-15/h9-10H,2-8H2,1H3,(H,13,16)(H,14,17). The highest BCUT2D eigenvalue weighted by molar-refractivity contribution is 7.80. The molecule has 0 aromatic rings. The molecule has 0 radical (unpaired) electrons. The van der Waals surface area contributed by atoms with Gasteiger partial charge in [0.2, 0.25) is 5.91 Å². The zero-order chi connectivity index (χ0) is 12.3. The fourth-order valence-electron chi connectivity index (χ4n) is 2.59. The molecule has 96 valence electrons. The molecule has 0 aromatic heterocycles. The lowest BCUT2D eigenvalue weighted by Crippen LogP contribution is -2.55. The average molecular weight is 255 g/mol. The molecule has 5 heteroatoms. The van der Waals surface area contributed by atoms with Gasteiger partial charge in [0.25, 0.3) is 0 Å². The number of carbonyl (C=O) groups is 1. The third-order valence-electron chi connectivity index (χ3n) is 3.75. The Morgan fingerprint density at radius 1 is 1.47 bits per heavy atom. The van der Waals surface area contributed by atoms with Crippen molar-refractivity contribution in [2.75, 3.05) is 19.6 Å². The van der Waals surface area contributed by atoms with Gasteiger partial charge in [-0.05, 0) is 31.0 Å². The van der Waals surface area contributed by atoms with E-state index in [-0.39, 0.29) is 5.91 Å². The molecule has 1 amide bonds. The van der Waals surface area contributed by atoms with Crippen molar-refractivity contribution in [3.8, 4) is 0 Å². The van der Waals surface area contributed by atoms with E-state index in [0.717, 1.165) is 11.7 Å². The maximum absolute atomic E-state index is 11.3. The van der Waals surface area contributed by atoms with Crippen LogP contribution in [0.25, 0.3) is 0 Å². The quantitative estimate of drug-likeness (QED) is 0.683. The van der Waals surface area contributed by atoms with Crippen LogP contribution in [-0.2, 0) is 4.79 Å². The maximum atomic E-state index is 11.3. The van der Waals surface area contributed by atoms with E-state index in [1.165, 1.54) is 25.7 Å². The Morgan fingerprint density at radius 3 is 2.94 bits per heavy atom. The molecule has 2 fully saturated rings. The molecule has 1 saturated carbocycles. The zero-order valence-corrected chi connectivity index (χ0v) is 11.2. The Hall–Kier alpha value is -0.840. The largest absolute Gasteiger partial charge is 0.360 e. The van der Waals surface area contributed by atoms with Crippen LogP contribution in [0.4, 0.5) is 0 Å². The summed E-state index contributed by atoms with van der Waals surface area (Å²) in [6.45, 7) is 4.19. The van der Waals surface area contributed by atoms with E-state index >= 15 is 0 Å². The van der Waals surface area contributed by atoms with Gasteiger partial charge in [-0.1, -0.05) is 19.8 Å². The van der Waals surface area contributed by atoms with Gasteiger partial charge in [0.05, 0.1) is 6.54 Å². The van der Waals surface area contributed by atoms with Gasteiger partial charge in [0.15, 0.2) is 5.11 Å². The van der Waals surface area contributed by atoms with Crippen LogP contribution in [-0.4, -0.2) is 41.6 Å². The van der Waals surface area contributed by atoms with E-state index in [2.05, 4.69) is 17.6 Å². The molecule has 2 unspecified atom stereocenters. The Balaban J connectivity index is 1.85. The number of amides is 1. The lowest BCUT2D eigenvalue weighted by Gasteiger charge is -2.35. The van der Waals surface area contributed by atoms with Crippen molar-refractivity contribution in [3.63, 3.8) is 0 Å². The second kappa shape index (κ2) is 5.67. The summed E-state index contributed by atoms with van der Waals surface area (Å²) in [5.41, 5.74) is 0. The van der Waals surface area contributed by atoms with Gasteiger partial charge < -0.3 is 15.5 Å². The van der Waals surface area contributed by atoms with E-state index in [9.17, 15) is 4.79 Å². The second-order valence-corrected chi connectivity index (χ2v) is 5.48. The van der Waals surface area contributed by atoms with Gasteiger partial charge in [-0.25, -0.2) is 0 Å². The number of nitrogens with one attached hydrogen (secondary N) is 2. The van der Waals surface area contributed by atoms with Crippen LogP contribution in [0.3, 0.4) is 0 Å². The number of hydrogen-bond donors (Lipinski definition) is 2. The molecule has 0 spiro atoms. The maximum Gasteiger partial charge on any atom is 0.239 e. The van der Waals surface area contributed by atoms with Crippen molar-refractivity contribution >= 4 is 23.2 Å². The topological polar surface area (TPSA) is 44.4 Å². The first-order valence-electron chi connectivity index (χ1n) is 6.49.